The second kappa shape index (κ2) is 7.27. The number of rotatable bonds is 5. The van der Waals surface area contributed by atoms with Crippen LogP contribution in [0.2, 0.25) is 5.15 Å². The summed E-state index contributed by atoms with van der Waals surface area (Å²) in [6, 6.07) is 12.7. The molecular weight excluding hydrogens is 326 g/mol. The van der Waals surface area contributed by atoms with Gasteiger partial charge in [0.2, 0.25) is 0 Å². The monoisotopic (exact) mass is 341 g/mol. The first-order valence-corrected chi connectivity index (χ1v) is 7.91. The molecule has 0 bridgehead atoms. The van der Waals surface area contributed by atoms with Gasteiger partial charge in [-0.25, -0.2) is 9.97 Å². The zero-order valence-corrected chi connectivity index (χ0v) is 14.1. The third kappa shape index (κ3) is 3.81. The Bertz CT molecular complexity index is 835. The summed E-state index contributed by atoms with van der Waals surface area (Å²) in [6.07, 6.45) is 1.65. The number of aromatic nitrogens is 3. The minimum atomic E-state index is 0.382. The second-order valence-corrected chi connectivity index (χ2v) is 5.40. The van der Waals surface area contributed by atoms with Gasteiger partial charge in [-0.15, -0.1) is 0 Å². The van der Waals surface area contributed by atoms with E-state index in [0.29, 0.717) is 40.5 Å². The van der Waals surface area contributed by atoms with Crippen molar-refractivity contribution >= 4 is 11.6 Å². The zero-order valence-electron chi connectivity index (χ0n) is 13.4. The number of pyridine rings is 1. The van der Waals surface area contributed by atoms with Gasteiger partial charge in [-0.1, -0.05) is 23.7 Å². The summed E-state index contributed by atoms with van der Waals surface area (Å²) in [4.78, 5) is 12.9. The molecule has 24 heavy (non-hydrogen) atoms. The van der Waals surface area contributed by atoms with E-state index in [1.54, 1.807) is 24.4 Å². The maximum absolute atomic E-state index is 6.00. The van der Waals surface area contributed by atoms with Crippen LogP contribution in [0.25, 0.3) is 11.5 Å². The van der Waals surface area contributed by atoms with E-state index in [1.807, 2.05) is 38.1 Å². The van der Waals surface area contributed by atoms with E-state index in [2.05, 4.69) is 15.0 Å². The highest BCUT2D eigenvalue weighted by atomic mass is 35.5. The molecule has 2 heterocycles. The lowest BCUT2D eigenvalue weighted by Crippen LogP contribution is -1.96. The van der Waals surface area contributed by atoms with Crippen LogP contribution in [0.4, 0.5) is 0 Å². The molecule has 0 spiro atoms. The average molecular weight is 342 g/mol. The fourth-order valence-corrected chi connectivity index (χ4v) is 2.42. The fraction of sp³-hybridized carbons (Fsp3) is 0.167. The summed E-state index contributed by atoms with van der Waals surface area (Å²) in [7, 11) is 0. The third-order valence-electron chi connectivity index (χ3n) is 3.16. The molecule has 1 aromatic carbocycles. The molecular formula is C18H16ClN3O2. The van der Waals surface area contributed by atoms with Gasteiger partial charge in [0.25, 0.3) is 0 Å². The van der Waals surface area contributed by atoms with Gasteiger partial charge in [0.1, 0.15) is 16.6 Å². The molecule has 0 saturated heterocycles. The van der Waals surface area contributed by atoms with E-state index < -0.39 is 0 Å². The van der Waals surface area contributed by atoms with E-state index in [4.69, 9.17) is 21.1 Å². The topological polar surface area (TPSA) is 57.1 Å². The average Bonchev–Trinajstić information content (AvgIpc) is 2.56. The molecule has 0 saturated carbocycles. The number of hydrogen-bond acceptors (Lipinski definition) is 5. The first-order valence-electron chi connectivity index (χ1n) is 7.53. The summed E-state index contributed by atoms with van der Waals surface area (Å²) < 4.78 is 11.5. The summed E-state index contributed by atoms with van der Waals surface area (Å²) in [5.74, 6) is 2.41. The first-order chi connectivity index (χ1) is 11.7. The Morgan fingerprint density at radius 3 is 2.58 bits per heavy atom. The van der Waals surface area contributed by atoms with E-state index in [0.717, 1.165) is 5.69 Å². The predicted octanol–water partition coefficient (Wildman–Crippen LogP) is 4.69. The van der Waals surface area contributed by atoms with Crippen molar-refractivity contribution in [1.29, 1.82) is 0 Å². The molecule has 0 aliphatic rings. The Labute approximate surface area is 145 Å². The Morgan fingerprint density at radius 2 is 1.83 bits per heavy atom. The Morgan fingerprint density at radius 1 is 1.04 bits per heavy atom. The molecule has 0 unspecified atom stereocenters. The molecule has 0 amide bonds. The van der Waals surface area contributed by atoms with Gasteiger partial charge in [0.05, 0.1) is 6.61 Å². The number of halogens is 1. The number of benzene rings is 1. The Balaban J connectivity index is 1.91. The lowest BCUT2D eigenvalue weighted by atomic mass is 10.3. The fourth-order valence-electron chi connectivity index (χ4n) is 2.18. The molecule has 0 radical (unpaired) electrons. The van der Waals surface area contributed by atoms with Crippen LogP contribution < -0.4 is 9.47 Å². The highest BCUT2D eigenvalue weighted by Gasteiger charge is 2.09. The van der Waals surface area contributed by atoms with Crippen LogP contribution in [-0.2, 0) is 0 Å². The van der Waals surface area contributed by atoms with Gasteiger partial charge < -0.3 is 9.47 Å². The summed E-state index contributed by atoms with van der Waals surface area (Å²) >= 11 is 6.00. The van der Waals surface area contributed by atoms with Crippen LogP contribution in [0.15, 0.2) is 48.7 Å². The van der Waals surface area contributed by atoms with Crippen LogP contribution in [0, 0.1) is 6.92 Å². The molecule has 122 valence electrons. The van der Waals surface area contributed by atoms with Crippen LogP contribution in [-0.4, -0.2) is 21.6 Å². The number of nitrogens with zero attached hydrogens (tertiary/aromatic N) is 3. The normalized spacial score (nSPS) is 10.5. The Hall–Kier alpha value is -2.66. The van der Waals surface area contributed by atoms with Crippen LogP contribution in [0.3, 0.4) is 0 Å². The predicted molar refractivity (Wildman–Crippen MR) is 92.7 cm³/mol. The van der Waals surface area contributed by atoms with Crippen molar-refractivity contribution in [1.82, 2.24) is 15.0 Å². The summed E-state index contributed by atoms with van der Waals surface area (Å²) in [6.45, 7) is 4.35. The van der Waals surface area contributed by atoms with E-state index >= 15 is 0 Å². The maximum atomic E-state index is 6.00. The van der Waals surface area contributed by atoms with Crippen LogP contribution in [0.1, 0.15) is 12.6 Å². The van der Waals surface area contributed by atoms with Gasteiger partial charge in [0, 0.05) is 18.0 Å². The van der Waals surface area contributed by atoms with Gasteiger partial charge in [-0.3, -0.25) is 4.98 Å². The summed E-state index contributed by atoms with van der Waals surface area (Å²) in [5.41, 5.74) is 1.37. The van der Waals surface area contributed by atoms with Gasteiger partial charge >= 0.3 is 0 Å². The van der Waals surface area contributed by atoms with E-state index in [1.165, 1.54) is 0 Å². The van der Waals surface area contributed by atoms with Crippen molar-refractivity contribution in [2.75, 3.05) is 6.61 Å². The van der Waals surface area contributed by atoms with E-state index in [9.17, 15) is 0 Å². The highest BCUT2D eigenvalue weighted by Crippen LogP contribution is 2.32. The minimum Gasteiger partial charge on any atom is -0.490 e. The van der Waals surface area contributed by atoms with Crippen molar-refractivity contribution in [3.8, 4) is 28.8 Å². The van der Waals surface area contributed by atoms with Gasteiger partial charge in [0.15, 0.2) is 17.3 Å². The smallest absolute Gasteiger partial charge is 0.179 e. The number of aryl methyl sites for hydroxylation is 1. The van der Waals surface area contributed by atoms with Crippen molar-refractivity contribution in [2.45, 2.75) is 13.8 Å². The lowest BCUT2D eigenvalue weighted by molar-refractivity contribution is 0.321. The molecule has 0 atom stereocenters. The largest absolute Gasteiger partial charge is 0.490 e. The molecule has 5 nitrogen and oxygen atoms in total. The number of hydrogen-bond donors (Lipinski definition) is 0. The molecule has 0 aliphatic heterocycles. The van der Waals surface area contributed by atoms with Crippen molar-refractivity contribution in [3.63, 3.8) is 0 Å². The molecule has 2 aromatic heterocycles. The molecule has 3 rings (SSSR count). The molecule has 0 aliphatic carbocycles. The quantitative estimate of drug-likeness (QED) is 0.630. The SMILES string of the molecule is CCOc1ccccc1Oc1ccnc(-c2nc(C)cc(Cl)n2)c1. The molecule has 0 N–H and O–H groups in total. The van der Waals surface area contributed by atoms with Gasteiger partial charge in [-0.05, 0) is 38.1 Å². The minimum absolute atomic E-state index is 0.382. The molecule has 6 heteroatoms. The summed E-state index contributed by atoms with van der Waals surface area (Å²) in [5, 5.41) is 0.382. The van der Waals surface area contributed by atoms with Crippen molar-refractivity contribution in [3.05, 3.63) is 59.5 Å². The van der Waals surface area contributed by atoms with Crippen LogP contribution in [0.5, 0.6) is 17.2 Å². The Kier molecular flexibility index (Phi) is 4.91. The number of para-hydroxylation sites is 2. The highest BCUT2D eigenvalue weighted by molar-refractivity contribution is 6.29. The first kappa shape index (κ1) is 16.2. The zero-order chi connectivity index (χ0) is 16.9. The lowest BCUT2D eigenvalue weighted by Gasteiger charge is -2.11. The third-order valence-corrected chi connectivity index (χ3v) is 3.35. The van der Waals surface area contributed by atoms with E-state index in [-0.39, 0.29) is 0 Å². The van der Waals surface area contributed by atoms with Crippen molar-refractivity contribution < 1.29 is 9.47 Å². The second-order valence-electron chi connectivity index (χ2n) is 5.01. The standard InChI is InChI=1S/C18H16ClN3O2/c1-3-23-15-6-4-5-7-16(15)24-13-8-9-20-14(11-13)18-21-12(2)10-17(19)22-18/h4-11H,3H2,1-2H3. The van der Waals surface area contributed by atoms with Crippen molar-refractivity contribution in [2.24, 2.45) is 0 Å². The molecule has 0 fully saturated rings. The van der Waals surface area contributed by atoms with Crippen LogP contribution >= 0.6 is 11.6 Å². The number of ether oxygens (including phenoxy) is 2. The molecule has 3 aromatic rings. The van der Waals surface area contributed by atoms with Gasteiger partial charge in [-0.2, -0.15) is 0 Å². The maximum Gasteiger partial charge on any atom is 0.179 e.